The number of hydrogen-bond acceptors (Lipinski definition) is 6. The number of nitrogens with zero attached hydrogens (tertiary/aromatic N) is 2. The van der Waals surface area contributed by atoms with Gasteiger partial charge in [-0.25, -0.2) is 0 Å². The predicted octanol–water partition coefficient (Wildman–Crippen LogP) is 6.88. The van der Waals surface area contributed by atoms with Gasteiger partial charge in [0.05, 0.1) is 12.5 Å². The van der Waals surface area contributed by atoms with Crippen LogP contribution in [-0.4, -0.2) is 54.7 Å². The molecule has 3 aromatic carbocycles. The summed E-state index contributed by atoms with van der Waals surface area (Å²) in [4.78, 5) is 31.2. The molecule has 0 saturated carbocycles. The van der Waals surface area contributed by atoms with Crippen LogP contribution >= 0.6 is 0 Å². The fourth-order valence-electron chi connectivity index (χ4n) is 7.93. The van der Waals surface area contributed by atoms with E-state index in [2.05, 4.69) is 66.1 Å². The van der Waals surface area contributed by atoms with Crippen molar-refractivity contribution in [3.63, 3.8) is 0 Å². The largest absolute Gasteiger partial charge is 0.481 e. The number of likely N-dealkylation sites (tertiary alicyclic amines) is 1. The van der Waals surface area contributed by atoms with Crippen molar-refractivity contribution in [3.05, 3.63) is 88.0 Å². The third kappa shape index (κ3) is 6.32. The van der Waals surface area contributed by atoms with Gasteiger partial charge in [-0.15, -0.1) is 0 Å². The lowest BCUT2D eigenvalue weighted by Gasteiger charge is -2.28. The zero-order valence-electron chi connectivity index (χ0n) is 26.9. The van der Waals surface area contributed by atoms with Gasteiger partial charge in [0, 0.05) is 43.7 Å². The molecule has 0 unspecified atom stereocenters. The molecule has 6 rings (SSSR count). The van der Waals surface area contributed by atoms with Gasteiger partial charge >= 0.3 is 5.97 Å². The maximum Gasteiger partial charge on any atom is 0.309 e. The number of hydrogen-bond donors (Lipinski definition) is 1. The van der Waals surface area contributed by atoms with Crippen molar-refractivity contribution in [3.8, 4) is 11.5 Å². The topological polar surface area (TPSA) is 79.3 Å². The van der Waals surface area contributed by atoms with E-state index in [9.17, 15) is 14.7 Å². The minimum Gasteiger partial charge on any atom is -0.481 e. The lowest BCUT2D eigenvalue weighted by atomic mass is 9.81. The first-order chi connectivity index (χ1) is 21.9. The highest BCUT2D eigenvalue weighted by molar-refractivity contribution is 5.81. The first-order valence-electron chi connectivity index (χ1n) is 16.7. The van der Waals surface area contributed by atoms with E-state index in [0.29, 0.717) is 24.5 Å². The Kier molecular flexibility index (Phi) is 9.45. The van der Waals surface area contributed by atoms with Gasteiger partial charge in [-0.3, -0.25) is 14.5 Å². The van der Waals surface area contributed by atoms with E-state index in [1.165, 1.54) is 35.2 Å². The molecule has 0 bridgehead atoms. The molecule has 238 valence electrons. The third-order valence-corrected chi connectivity index (χ3v) is 10.2. The number of fused-ring (bicyclic) bond motifs is 1. The van der Waals surface area contributed by atoms with Crippen molar-refractivity contribution in [2.75, 3.05) is 37.9 Å². The van der Waals surface area contributed by atoms with E-state index < -0.39 is 17.9 Å². The minimum atomic E-state index is -0.844. The van der Waals surface area contributed by atoms with E-state index in [0.717, 1.165) is 55.5 Å². The number of ketones is 1. The fourth-order valence-corrected chi connectivity index (χ4v) is 7.93. The molecule has 7 heteroatoms. The highest BCUT2D eigenvalue weighted by atomic mass is 16.7. The van der Waals surface area contributed by atoms with Gasteiger partial charge < -0.3 is 19.5 Å². The summed E-state index contributed by atoms with van der Waals surface area (Å²) in [7, 11) is 0. The van der Waals surface area contributed by atoms with Crippen LogP contribution in [0, 0.1) is 12.8 Å². The number of carboxylic acid groups (broad SMARTS) is 1. The van der Waals surface area contributed by atoms with E-state index in [4.69, 9.17) is 9.47 Å². The Labute approximate surface area is 267 Å². The SMILES string of the molecule is CCc1cccc(CC)c1CCCC(=O)CN1C[C@H](c2ccc3c(c2C)OCO3)[C@@H](C(=O)O)[C@@H]1c1ccc(N2CCCC2)cc1. The zero-order chi connectivity index (χ0) is 31.5. The maximum absolute atomic E-state index is 13.6. The predicted molar refractivity (Wildman–Crippen MR) is 177 cm³/mol. The molecule has 3 aliphatic rings. The first kappa shape index (κ1) is 31.2. The van der Waals surface area contributed by atoms with Gasteiger partial charge in [0.15, 0.2) is 11.5 Å². The van der Waals surface area contributed by atoms with Crippen molar-refractivity contribution in [2.24, 2.45) is 5.92 Å². The van der Waals surface area contributed by atoms with Crippen LogP contribution in [0.25, 0.3) is 0 Å². The molecule has 45 heavy (non-hydrogen) atoms. The summed E-state index contributed by atoms with van der Waals surface area (Å²) in [6.45, 7) is 9.34. The van der Waals surface area contributed by atoms with Crippen LogP contribution < -0.4 is 14.4 Å². The number of carbonyl (C=O) groups excluding carboxylic acids is 1. The fraction of sp³-hybridized carbons (Fsp3) is 0.474. The quantitative estimate of drug-likeness (QED) is 0.239. The second-order valence-corrected chi connectivity index (χ2v) is 12.8. The second-order valence-electron chi connectivity index (χ2n) is 12.8. The maximum atomic E-state index is 13.6. The smallest absolute Gasteiger partial charge is 0.309 e. The number of ether oxygens (including phenoxy) is 2. The second kappa shape index (κ2) is 13.7. The lowest BCUT2D eigenvalue weighted by molar-refractivity contribution is -0.143. The molecule has 3 aliphatic heterocycles. The highest BCUT2D eigenvalue weighted by Gasteiger charge is 2.48. The van der Waals surface area contributed by atoms with Crippen molar-refractivity contribution < 1.29 is 24.2 Å². The number of benzene rings is 3. The molecule has 0 radical (unpaired) electrons. The van der Waals surface area contributed by atoms with Crippen LogP contribution in [0.5, 0.6) is 11.5 Å². The van der Waals surface area contributed by atoms with E-state index >= 15 is 0 Å². The number of carboxylic acids is 1. The van der Waals surface area contributed by atoms with E-state index in [-0.39, 0.29) is 25.0 Å². The van der Waals surface area contributed by atoms with Crippen LogP contribution in [0.2, 0.25) is 0 Å². The number of carbonyl (C=O) groups is 2. The Morgan fingerprint density at radius 3 is 2.31 bits per heavy atom. The van der Waals surface area contributed by atoms with Crippen molar-refractivity contribution >= 4 is 17.4 Å². The van der Waals surface area contributed by atoms with Gasteiger partial charge in [0.1, 0.15) is 5.78 Å². The molecule has 3 heterocycles. The van der Waals surface area contributed by atoms with Gasteiger partial charge in [-0.2, -0.15) is 0 Å². The molecule has 2 fully saturated rings. The number of rotatable bonds is 12. The highest BCUT2D eigenvalue weighted by Crippen LogP contribution is 2.49. The molecule has 3 aromatic rings. The zero-order valence-corrected chi connectivity index (χ0v) is 26.9. The molecular weight excluding hydrogens is 564 g/mol. The lowest BCUT2D eigenvalue weighted by Crippen LogP contribution is -2.32. The van der Waals surface area contributed by atoms with Crippen molar-refractivity contribution in [1.29, 1.82) is 0 Å². The summed E-state index contributed by atoms with van der Waals surface area (Å²) in [5.74, 6) is -0.305. The number of anilines is 1. The van der Waals surface area contributed by atoms with E-state index in [1.54, 1.807) is 0 Å². The number of Topliss-reactive ketones (excluding diaryl/α,β-unsaturated/α-hetero) is 1. The molecule has 0 amide bonds. The Balaban J connectivity index is 1.26. The summed E-state index contributed by atoms with van der Waals surface area (Å²) in [5.41, 5.74) is 8.10. The molecule has 0 aliphatic carbocycles. The van der Waals surface area contributed by atoms with Gasteiger partial charge in [-0.05, 0) is 97.0 Å². The van der Waals surface area contributed by atoms with E-state index in [1.807, 2.05) is 19.1 Å². The molecule has 1 N–H and O–H groups in total. The van der Waals surface area contributed by atoms with Crippen LogP contribution in [-0.2, 0) is 28.9 Å². The van der Waals surface area contributed by atoms with Crippen LogP contribution in [0.3, 0.4) is 0 Å². The summed E-state index contributed by atoms with van der Waals surface area (Å²) >= 11 is 0. The number of aryl methyl sites for hydroxylation is 2. The summed E-state index contributed by atoms with van der Waals surface area (Å²) in [5, 5.41) is 10.7. The Hall–Kier alpha value is -3.84. The first-order valence-corrected chi connectivity index (χ1v) is 16.7. The molecular formula is C38H46N2O5. The number of aliphatic carboxylic acids is 1. The summed E-state index contributed by atoms with van der Waals surface area (Å²) in [6, 6.07) is 18.4. The molecule has 0 aromatic heterocycles. The summed E-state index contributed by atoms with van der Waals surface area (Å²) in [6.07, 6.45) is 6.52. The molecule has 2 saturated heterocycles. The Morgan fingerprint density at radius 1 is 0.933 bits per heavy atom. The standard InChI is InChI=1S/C38H46N2O5/c1-4-26-10-8-11-27(5-2)32(26)13-9-12-30(41)22-40-23-33(31-18-19-34-37(25(31)3)45-24-44-34)35(38(42)43)36(40)28-14-16-29(17-15-28)39-20-6-7-21-39/h8,10-11,14-19,33,35-36H,4-7,9,12-13,20-24H2,1-3H3,(H,42,43)/t33-,35-,36+/m1/s1. The average Bonchev–Trinajstić information content (AvgIpc) is 3.82. The monoisotopic (exact) mass is 610 g/mol. The van der Waals surface area contributed by atoms with Crippen molar-refractivity contribution in [1.82, 2.24) is 4.90 Å². The Morgan fingerprint density at radius 2 is 1.64 bits per heavy atom. The Bertz CT molecular complexity index is 1510. The van der Waals surface area contributed by atoms with Crippen molar-refractivity contribution in [2.45, 2.75) is 77.7 Å². The third-order valence-electron chi connectivity index (χ3n) is 10.2. The molecule has 0 spiro atoms. The van der Waals surface area contributed by atoms with Gasteiger partial charge in [0.2, 0.25) is 6.79 Å². The summed E-state index contributed by atoms with van der Waals surface area (Å²) < 4.78 is 11.4. The average molecular weight is 611 g/mol. The van der Waals surface area contributed by atoms with Crippen LogP contribution in [0.15, 0.2) is 54.6 Å². The van der Waals surface area contributed by atoms with Gasteiger partial charge in [0.25, 0.3) is 0 Å². The molecule has 7 nitrogen and oxygen atoms in total. The van der Waals surface area contributed by atoms with Gasteiger partial charge in [-0.1, -0.05) is 50.2 Å². The van der Waals surface area contributed by atoms with Crippen LogP contribution in [0.1, 0.15) is 84.9 Å². The minimum absolute atomic E-state index is 0.160. The molecule has 3 atom stereocenters. The van der Waals surface area contributed by atoms with Crippen LogP contribution in [0.4, 0.5) is 5.69 Å². The normalized spacial score (nSPS) is 21.0.